The van der Waals surface area contributed by atoms with E-state index in [1.165, 1.54) is 0 Å². The Balaban J connectivity index is 2.86. The first-order chi connectivity index (χ1) is 8.54. The molecule has 0 amide bonds. The average Bonchev–Trinajstić information content (AvgIpc) is 2.27. The maximum atomic E-state index is 12.5. The van der Waals surface area contributed by atoms with Gasteiger partial charge in [-0.05, 0) is 24.3 Å². The van der Waals surface area contributed by atoms with E-state index in [9.17, 15) is 35.5 Å². The van der Waals surface area contributed by atoms with Gasteiger partial charge in [0.15, 0.2) is 0 Å². The van der Waals surface area contributed by atoms with Crippen LogP contribution in [0.3, 0.4) is 0 Å². The molecule has 106 valence electrons. The number of benzene rings is 1. The highest BCUT2D eigenvalue weighted by atomic mass is 19.4. The second kappa shape index (κ2) is 5.06. The van der Waals surface area contributed by atoms with Gasteiger partial charge in [0.25, 0.3) is 5.78 Å². The van der Waals surface area contributed by atoms with Gasteiger partial charge in [-0.2, -0.15) is 30.7 Å². The highest BCUT2D eigenvalue weighted by Crippen LogP contribution is 2.28. The van der Waals surface area contributed by atoms with Crippen molar-refractivity contribution in [3.05, 3.63) is 29.8 Å². The first kappa shape index (κ1) is 15.3. The molecule has 19 heavy (non-hydrogen) atoms. The fraction of sp³-hybridized carbons (Fsp3) is 0.300. The van der Waals surface area contributed by atoms with Crippen molar-refractivity contribution in [3.8, 4) is 5.75 Å². The molecule has 0 spiro atoms. The molecule has 2 nitrogen and oxygen atoms in total. The van der Waals surface area contributed by atoms with Crippen molar-refractivity contribution in [2.75, 3.05) is 0 Å². The first-order valence-electron chi connectivity index (χ1n) is 4.60. The summed E-state index contributed by atoms with van der Waals surface area (Å²) in [5, 5.41) is 0. The number of Topliss-reactive ketones (excluding diaryl/α,β-unsaturated/α-hetero) is 1. The van der Waals surface area contributed by atoms with Crippen molar-refractivity contribution in [2.24, 2.45) is 0 Å². The summed E-state index contributed by atoms with van der Waals surface area (Å²) in [6.07, 6.45) is -14.0. The van der Waals surface area contributed by atoms with Gasteiger partial charge in [0.05, 0.1) is 0 Å². The third kappa shape index (κ3) is 3.83. The van der Waals surface area contributed by atoms with Crippen LogP contribution in [0.25, 0.3) is 0 Å². The van der Waals surface area contributed by atoms with Crippen LogP contribution in [0.15, 0.2) is 24.3 Å². The molecule has 0 bridgehead atoms. The molecule has 1 aromatic rings. The van der Waals surface area contributed by atoms with Crippen LogP contribution in [-0.4, -0.2) is 24.5 Å². The fourth-order valence-corrected chi connectivity index (χ4v) is 1.04. The highest BCUT2D eigenvalue weighted by molar-refractivity contribution is 6.00. The van der Waals surface area contributed by atoms with Crippen LogP contribution in [0.4, 0.5) is 30.7 Å². The molecule has 0 saturated heterocycles. The SMILES string of the molecule is O=C(c1ccc(OC(F)(F)C(F)F)cc1)C(F)(F)F. The lowest BCUT2D eigenvalue weighted by Crippen LogP contribution is -2.33. The Morgan fingerprint density at radius 2 is 1.47 bits per heavy atom. The fourth-order valence-electron chi connectivity index (χ4n) is 1.04. The van der Waals surface area contributed by atoms with Crippen molar-refractivity contribution >= 4 is 5.78 Å². The van der Waals surface area contributed by atoms with Gasteiger partial charge in [0.1, 0.15) is 5.75 Å². The van der Waals surface area contributed by atoms with E-state index in [0.717, 1.165) is 0 Å². The Bertz CT molecular complexity index is 450. The molecular formula is C10H5F7O2. The van der Waals surface area contributed by atoms with Gasteiger partial charge in [0, 0.05) is 5.56 Å². The van der Waals surface area contributed by atoms with Crippen LogP contribution < -0.4 is 4.74 Å². The number of carbonyl (C=O) groups is 1. The normalized spacial score (nSPS) is 12.6. The van der Waals surface area contributed by atoms with E-state index in [1.54, 1.807) is 0 Å². The van der Waals surface area contributed by atoms with Crippen molar-refractivity contribution < 1.29 is 40.3 Å². The molecule has 0 saturated carbocycles. The molecule has 0 atom stereocenters. The van der Waals surface area contributed by atoms with Crippen molar-refractivity contribution in [1.29, 1.82) is 0 Å². The summed E-state index contributed by atoms with van der Waals surface area (Å²) >= 11 is 0. The van der Waals surface area contributed by atoms with Crippen LogP contribution in [0.1, 0.15) is 10.4 Å². The van der Waals surface area contributed by atoms with E-state index in [4.69, 9.17) is 0 Å². The van der Waals surface area contributed by atoms with E-state index in [-0.39, 0.29) is 0 Å². The summed E-state index contributed by atoms with van der Waals surface area (Å²) in [5.41, 5.74) is -0.819. The van der Waals surface area contributed by atoms with Crippen LogP contribution in [0.2, 0.25) is 0 Å². The smallest absolute Gasteiger partial charge is 0.428 e. The minimum Gasteiger partial charge on any atom is -0.428 e. The molecule has 0 aliphatic carbocycles. The van der Waals surface area contributed by atoms with Gasteiger partial charge in [-0.3, -0.25) is 4.79 Å². The van der Waals surface area contributed by atoms with Crippen molar-refractivity contribution in [2.45, 2.75) is 18.7 Å². The van der Waals surface area contributed by atoms with Gasteiger partial charge in [-0.25, -0.2) is 0 Å². The molecule has 0 heterocycles. The van der Waals surface area contributed by atoms with Crippen molar-refractivity contribution in [1.82, 2.24) is 0 Å². The lowest BCUT2D eigenvalue weighted by atomic mass is 10.1. The Labute approximate surface area is 101 Å². The second-order valence-corrected chi connectivity index (χ2v) is 3.32. The van der Waals surface area contributed by atoms with Crippen LogP contribution >= 0.6 is 0 Å². The van der Waals surface area contributed by atoms with Gasteiger partial charge >= 0.3 is 18.7 Å². The number of hydrogen-bond donors (Lipinski definition) is 0. The number of alkyl halides is 7. The van der Waals surface area contributed by atoms with Gasteiger partial charge < -0.3 is 4.74 Å². The number of hydrogen-bond acceptors (Lipinski definition) is 2. The quantitative estimate of drug-likeness (QED) is 0.624. The second-order valence-electron chi connectivity index (χ2n) is 3.32. The highest BCUT2D eigenvalue weighted by Gasteiger charge is 2.44. The number of carbonyl (C=O) groups excluding carboxylic acids is 1. The van der Waals surface area contributed by atoms with Crippen LogP contribution in [0.5, 0.6) is 5.75 Å². The molecule has 1 rings (SSSR count). The number of rotatable bonds is 4. The predicted molar refractivity (Wildman–Crippen MR) is 48.4 cm³/mol. The van der Waals surface area contributed by atoms with Gasteiger partial charge in [-0.1, -0.05) is 0 Å². The number of halogens is 7. The molecule has 0 N–H and O–H groups in total. The molecule has 1 aromatic carbocycles. The summed E-state index contributed by atoms with van der Waals surface area (Å²) in [5.74, 6) is -2.97. The molecule has 0 aliphatic heterocycles. The third-order valence-corrected chi connectivity index (χ3v) is 1.88. The topological polar surface area (TPSA) is 26.3 Å². The molecule has 0 aliphatic rings. The molecule has 0 aromatic heterocycles. The summed E-state index contributed by atoms with van der Waals surface area (Å²) in [6, 6.07) is 2.23. The minimum absolute atomic E-state index is 0.548. The minimum atomic E-state index is -5.12. The predicted octanol–water partition coefficient (Wildman–Crippen LogP) is 3.67. The van der Waals surface area contributed by atoms with Crippen molar-refractivity contribution in [3.63, 3.8) is 0 Å². The van der Waals surface area contributed by atoms with E-state index in [1.807, 2.05) is 0 Å². The van der Waals surface area contributed by atoms with E-state index in [2.05, 4.69) is 4.74 Å². The largest absolute Gasteiger partial charge is 0.461 e. The molecule has 0 radical (unpaired) electrons. The Hall–Kier alpha value is -1.80. The Morgan fingerprint density at radius 1 is 1.00 bits per heavy atom. The zero-order chi connectivity index (χ0) is 14.8. The van der Waals surface area contributed by atoms with Crippen LogP contribution in [0, 0.1) is 0 Å². The molecule has 9 heteroatoms. The lowest BCUT2D eigenvalue weighted by Gasteiger charge is -2.16. The molecule has 0 unspecified atom stereocenters. The summed E-state index contributed by atoms with van der Waals surface area (Å²) in [7, 11) is 0. The Kier molecular flexibility index (Phi) is 4.06. The van der Waals surface area contributed by atoms with E-state index in [0.29, 0.717) is 24.3 Å². The number of ether oxygens (including phenoxy) is 1. The van der Waals surface area contributed by atoms with Crippen LogP contribution in [-0.2, 0) is 0 Å². The standard InChI is InChI=1S/C10H5F7O2/c11-8(12)10(16,17)19-6-3-1-5(2-4-6)7(18)9(13,14)15/h1-4,8H. The third-order valence-electron chi connectivity index (χ3n) is 1.88. The number of ketones is 1. The van der Waals surface area contributed by atoms with E-state index >= 15 is 0 Å². The zero-order valence-electron chi connectivity index (χ0n) is 8.85. The lowest BCUT2D eigenvalue weighted by molar-refractivity contribution is -0.253. The summed E-state index contributed by atoms with van der Waals surface area (Å²) in [4.78, 5) is 10.7. The Morgan fingerprint density at radius 3 is 1.84 bits per heavy atom. The van der Waals surface area contributed by atoms with Gasteiger partial charge in [-0.15, -0.1) is 0 Å². The van der Waals surface area contributed by atoms with Gasteiger partial charge in [0.2, 0.25) is 0 Å². The first-order valence-corrected chi connectivity index (χ1v) is 4.60. The van der Waals surface area contributed by atoms with E-state index < -0.39 is 35.8 Å². The maximum absolute atomic E-state index is 12.5. The molecular weight excluding hydrogens is 285 g/mol. The zero-order valence-corrected chi connectivity index (χ0v) is 8.85. The maximum Gasteiger partial charge on any atom is 0.461 e. The molecule has 0 fully saturated rings. The average molecular weight is 290 g/mol. The monoisotopic (exact) mass is 290 g/mol. The summed E-state index contributed by atoms with van der Waals surface area (Å²) in [6.45, 7) is 0. The summed E-state index contributed by atoms with van der Waals surface area (Å²) < 4.78 is 88.1.